The van der Waals surface area contributed by atoms with Crippen molar-refractivity contribution in [2.24, 2.45) is 5.92 Å². The molecule has 7 heteroatoms. The van der Waals surface area contributed by atoms with Gasteiger partial charge in [0.05, 0.1) is 16.5 Å². The van der Waals surface area contributed by atoms with E-state index in [-0.39, 0.29) is 18.1 Å². The smallest absolute Gasteiger partial charge is 0.338 e. The molecule has 1 atom stereocenters. The summed E-state index contributed by atoms with van der Waals surface area (Å²) < 4.78 is 7.04. The molecule has 1 aromatic heterocycles. The van der Waals surface area contributed by atoms with Gasteiger partial charge in [-0.15, -0.1) is 0 Å². The van der Waals surface area contributed by atoms with Crippen LogP contribution in [0.25, 0.3) is 10.9 Å². The molecule has 30 heavy (non-hydrogen) atoms. The number of aryl methyl sites for hydroxylation is 1. The van der Waals surface area contributed by atoms with Crippen LogP contribution in [0.3, 0.4) is 0 Å². The Morgan fingerprint density at radius 2 is 1.97 bits per heavy atom. The van der Waals surface area contributed by atoms with Gasteiger partial charge in [-0.2, -0.15) is 0 Å². The number of aromatic nitrogens is 2. The van der Waals surface area contributed by atoms with Gasteiger partial charge >= 0.3 is 5.97 Å². The number of esters is 1. The summed E-state index contributed by atoms with van der Waals surface area (Å²) >= 11 is 0. The third-order valence-corrected chi connectivity index (χ3v) is 6.14. The van der Waals surface area contributed by atoms with Crippen molar-refractivity contribution in [1.29, 1.82) is 0 Å². The summed E-state index contributed by atoms with van der Waals surface area (Å²) in [7, 11) is 0. The molecule has 2 aliphatic heterocycles. The average molecular weight is 412 g/mol. The van der Waals surface area contributed by atoms with Gasteiger partial charge in [-0.25, -0.2) is 9.78 Å². The Balaban J connectivity index is 1.50. The van der Waals surface area contributed by atoms with Crippen LogP contribution in [0.4, 0.5) is 0 Å². The van der Waals surface area contributed by atoms with E-state index in [1.807, 2.05) is 0 Å². The van der Waals surface area contributed by atoms with Crippen molar-refractivity contribution in [2.75, 3.05) is 19.7 Å². The molecule has 0 radical (unpaired) electrons. The molecular formula is C23H29N3O4. The number of hydrogen-bond donors (Lipinski definition) is 0. The molecule has 1 amide bonds. The Hall–Kier alpha value is -2.70. The molecule has 160 valence electrons. The van der Waals surface area contributed by atoms with Crippen molar-refractivity contribution in [1.82, 2.24) is 14.5 Å². The van der Waals surface area contributed by atoms with E-state index in [0.29, 0.717) is 35.5 Å². The first-order valence-corrected chi connectivity index (χ1v) is 11.0. The summed E-state index contributed by atoms with van der Waals surface area (Å²) in [4.78, 5) is 44.2. The predicted octanol–water partition coefficient (Wildman–Crippen LogP) is 2.93. The molecule has 1 aromatic carbocycles. The van der Waals surface area contributed by atoms with E-state index in [9.17, 15) is 14.4 Å². The Labute approximate surface area is 176 Å². The van der Waals surface area contributed by atoms with Crippen LogP contribution in [-0.2, 0) is 22.5 Å². The number of rotatable bonds is 3. The highest BCUT2D eigenvalue weighted by molar-refractivity contribution is 5.95. The van der Waals surface area contributed by atoms with Crippen molar-refractivity contribution in [3.05, 3.63) is 39.9 Å². The maximum absolute atomic E-state index is 12.9. The average Bonchev–Trinajstić information content (AvgIpc) is 2.73. The Kier molecular flexibility index (Phi) is 6.16. The number of hydrogen-bond acceptors (Lipinski definition) is 5. The normalized spacial score (nSPS) is 19.6. The standard InChI is InChI=1S/C23H29N3O4/c1-16-7-6-11-25(14-16)21(27)15-30-23(29)17-9-10-18-19(13-17)24-20-8-4-2-3-5-12-26(20)22(18)28/h9-10,13,16H,2-8,11-12,14-15H2,1H3/t16-/m0/s1. The molecule has 0 N–H and O–H groups in total. The maximum Gasteiger partial charge on any atom is 0.338 e. The topological polar surface area (TPSA) is 81.5 Å². The number of likely N-dealkylation sites (tertiary alicyclic amines) is 1. The van der Waals surface area contributed by atoms with Gasteiger partial charge in [0.2, 0.25) is 0 Å². The maximum atomic E-state index is 12.9. The lowest BCUT2D eigenvalue weighted by Crippen LogP contribution is -2.41. The fraction of sp³-hybridized carbons (Fsp3) is 0.565. The minimum Gasteiger partial charge on any atom is -0.452 e. The van der Waals surface area contributed by atoms with Gasteiger partial charge in [-0.3, -0.25) is 14.2 Å². The molecule has 2 aliphatic rings. The van der Waals surface area contributed by atoms with E-state index in [4.69, 9.17) is 4.74 Å². The molecule has 0 spiro atoms. The number of ether oxygens (including phenoxy) is 1. The number of carbonyl (C=O) groups is 2. The SMILES string of the molecule is C[C@H]1CCCN(C(=O)COC(=O)c2ccc3c(=O)n4c(nc3c2)CCCCCC4)C1. The van der Waals surface area contributed by atoms with Crippen LogP contribution in [0.2, 0.25) is 0 Å². The summed E-state index contributed by atoms with van der Waals surface area (Å²) in [6.07, 6.45) is 7.14. The summed E-state index contributed by atoms with van der Waals surface area (Å²) in [5, 5.41) is 0.509. The molecule has 0 saturated carbocycles. The second-order valence-electron chi connectivity index (χ2n) is 8.54. The van der Waals surface area contributed by atoms with E-state index < -0.39 is 5.97 Å². The molecular weight excluding hydrogens is 382 g/mol. The van der Waals surface area contributed by atoms with Gasteiger partial charge < -0.3 is 9.64 Å². The lowest BCUT2D eigenvalue weighted by atomic mass is 10.0. The van der Waals surface area contributed by atoms with Gasteiger partial charge in [0.15, 0.2) is 6.61 Å². The highest BCUT2D eigenvalue weighted by atomic mass is 16.5. The van der Waals surface area contributed by atoms with Crippen LogP contribution in [0.15, 0.2) is 23.0 Å². The molecule has 3 heterocycles. The van der Waals surface area contributed by atoms with Crippen LogP contribution in [0, 0.1) is 5.92 Å². The zero-order chi connectivity index (χ0) is 21.1. The van der Waals surface area contributed by atoms with Crippen LogP contribution in [0.1, 0.15) is 61.6 Å². The quantitative estimate of drug-likeness (QED) is 0.726. The number of nitrogens with zero attached hydrogens (tertiary/aromatic N) is 3. The van der Waals surface area contributed by atoms with E-state index in [1.165, 1.54) is 0 Å². The second kappa shape index (κ2) is 8.98. The molecule has 0 bridgehead atoms. The zero-order valence-electron chi connectivity index (χ0n) is 17.6. The number of carbonyl (C=O) groups excluding carboxylic acids is 2. The lowest BCUT2D eigenvalue weighted by Gasteiger charge is -2.30. The molecule has 0 unspecified atom stereocenters. The molecule has 2 aromatic rings. The van der Waals surface area contributed by atoms with E-state index >= 15 is 0 Å². The van der Waals surface area contributed by atoms with Crippen molar-refractivity contribution >= 4 is 22.8 Å². The van der Waals surface area contributed by atoms with Crippen LogP contribution >= 0.6 is 0 Å². The molecule has 1 fully saturated rings. The Bertz CT molecular complexity index is 1010. The van der Waals surface area contributed by atoms with Crippen LogP contribution in [-0.4, -0.2) is 46.0 Å². The van der Waals surface area contributed by atoms with Gasteiger partial charge in [0.1, 0.15) is 5.82 Å². The van der Waals surface area contributed by atoms with Crippen LogP contribution < -0.4 is 5.56 Å². The third kappa shape index (κ3) is 4.40. The van der Waals surface area contributed by atoms with Gasteiger partial charge in [-0.05, 0) is 49.8 Å². The van der Waals surface area contributed by atoms with E-state index in [1.54, 1.807) is 27.7 Å². The predicted molar refractivity (Wildman–Crippen MR) is 113 cm³/mol. The van der Waals surface area contributed by atoms with Crippen molar-refractivity contribution in [3.63, 3.8) is 0 Å². The molecule has 1 saturated heterocycles. The third-order valence-electron chi connectivity index (χ3n) is 6.14. The largest absolute Gasteiger partial charge is 0.452 e. The summed E-state index contributed by atoms with van der Waals surface area (Å²) in [5.41, 5.74) is 0.772. The minimum absolute atomic E-state index is 0.0498. The van der Waals surface area contributed by atoms with Gasteiger partial charge in [0, 0.05) is 26.1 Å². The van der Waals surface area contributed by atoms with E-state index in [0.717, 1.165) is 57.3 Å². The fourth-order valence-electron chi connectivity index (χ4n) is 4.44. The lowest BCUT2D eigenvalue weighted by molar-refractivity contribution is -0.136. The summed E-state index contributed by atoms with van der Waals surface area (Å²) in [5.74, 6) is 0.535. The Morgan fingerprint density at radius 1 is 1.13 bits per heavy atom. The van der Waals surface area contributed by atoms with Crippen LogP contribution in [0.5, 0.6) is 0 Å². The second-order valence-corrected chi connectivity index (χ2v) is 8.54. The van der Waals surface area contributed by atoms with Crippen molar-refractivity contribution in [2.45, 2.75) is 58.4 Å². The number of piperidine rings is 1. The first-order valence-electron chi connectivity index (χ1n) is 11.0. The number of fused-ring (bicyclic) bond motifs is 2. The summed E-state index contributed by atoms with van der Waals surface area (Å²) in [6.45, 7) is 3.99. The monoisotopic (exact) mass is 411 g/mol. The zero-order valence-corrected chi connectivity index (χ0v) is 17.6. The first-order chi connectivity index (χ1) is 14.5. The number of amides is 1. The van der Waals surface area contributed by atoms with Gasteiger partial charge in [-0.1, -0.05) is 19.8 Å². The first kappa shape index (κ1) is 20.6. The van der Waals surface area contributed by atoms with E-state index in [2.05, 4.69) is 11.9 Å². The molecule has 4 rings (SSSR count). The van der Waals surface area contributed by atoms with Crippen molar-refractivity contribution < 1.29 is 14.3 Å². The molecule has 7 nitrogen and oxygen atoms in total. The van der Waals surface area contributed by atoms with Gasteiger partial charge in [0.25, 0.3) is 11.5 Å². The molecule has 0 aliphatic carbocycles. The number of benzene rings is 1. The highest BCUT2D eigenvalue weighted by Gasteiger charge is 2.22. The highest BCUT2D eigenvalue weighted by Crippen LogP contribution is 2.18. The fourth-order valence-corrected chi connectivity index (χ4v) is 4.44. The summed E-state index contributed by atoms with van der Waals surface area (Å²) in [6, 6.07) is 4.82. The minimum atomic E-state index is -0.566. The van der Waals surface area contributed by atoms with Crippen molar-refractivity contribution in [3.8, 4) is 0 Å². The Morgan fingerprint density at radius 3 is 2.80 bits per heavy atom.